The number of urea groups is 2. The molecule has 51 heavy (non-hydrogen) atoms. The number of nitrogens with zero attached hydrogens (tertiary/aromatic N) is 3. The van der Waals surface area contributed by atoms with Crippen molar-refractivity contribution in [3.05, 3.63) is 83.7 Å². The lowest BCUT2D eigenvalue weighted by Crippen LogP contribution is -2.51. The zero-order valence-corrected chi connectivity index (χ0v) is 29.9. The molecule has 2 aliphatic rings. The number of amides is 6. The van der Waals surface area contributed by atoms with E-state index in [1.807, 2.05) is 25.1 Å². The Morgan fingerprint density at radius 3 is 2.31 bits per heavy atom. The first kappa shape index (κ1) is 36.8. The van der Waals surface area contributed by atoms with Gasteiger partial charge in [-0.25, -0.2) is 14.5 Å². The number of anilines is 2. The molecule has 0 radical (unpaired) electrons. The molecule has 6 amide bonds. The Hall–Kier alpha value is -5.46. The number of aryl methyl sites for hydroxylation is 1. The summed E-state index contributed by atoms with van der Waals surface area (Å²) in [5.74, 6) is -0.956. The SMILES string of the molecule is COc1cc(CN2C(=O)N([C@@H](CC3CC3)C(=O)NC(CC(=O)OC(C)C)c3ccncc3)C(=O)C2(C)C)ccc1NC(=O)Nc1ccccc1C. The normalized spacial score (nSPS) is 16.5. The maximum atomic E-state index is 14.2. The number of carbonyl (C=O) groups is 5. The second-order valence-electron chi connectivity index (χ2n) is 13.8. The van der Waals surface area contributed by atoms with E-state index in [-0.39, 0.29) is 25.0 Å². The van der Waals surface area contributed by atoms with Crippen molar-refractivity contribution in [1.82, 2.24) is 20.1 Å². The number of rotatable bonds is 14. The molecule has 2 fully saturated rings. The Bertz CT molecular complexity index is 1780. The molecule has 2 aromatic carbocycles. The number of hydrogen-bond acceptors (Lipinski definition) is 8. The molecular formula is C38H46N6O7. The van der Waals surface area contributed by atoms with Crippen molar-refractivity contribution in [2.45, 2.75) is 90.6 Å². The van der Waals surface area contributed by atoms with Crippen LogP contribution in [0.1, 0.15) is 76.1 Å². The van der Waals surface area contributed by atoms with Gasteiger partial charge in [0.25, 0.3) is 5.91 Å². The highest BCUT2D eigenvalue weighted by atomic mass is 16.5. The average molecular weight is 699 g/mol. The molecule has 3 aromatic rings. The van der Waals surface area contributed by atoms with E-state index in [1.54, 1.807) is 76.5 Å². The molecule has 1 aromatic heterocycles. The summed E-state index contributed by atoms with van der Waals surface area (Å²) in [6, 6.07) is 13.0. The van der Waals surface area contributed by atoms with E-state index in [0.717, 1.165) is 23.3 Å². The van der Waals surface area contributed by atoms with Crippen LogP contribution in [0.15, 0.2) is 67.0 Å². The van der Waals surface area contributed by atoms with Crippen LogP contribution in [0, 0.1) is 12.8 Å². The van der Waals surface area contributed by atoms with Crippen molar-refractivity contribution in [3.63, 3.8) is 0 Å². The lowest BCUT2D eigenvalue weighted by molar-refractivity contribution is -0.148. The van der Waals surface area contributed by atoms with Crippen LogP contribution in [0.2, 0.25) is 0 Å². The third-order valence-electron chi connectivity index (χ3n) is 9.13. The summed E-state index contributed by atoms with van der Waals surface area (Å²) in [4.78, 5) is 74.3. The maximum absolute atomic E-state index is 14.2. The van der Waals surface area contributed by atoms with Gasteiger partial charge in [-0.2, -0.15) is 0 Å². The average Bonchev–Trinajstić information content (AvgIpc) is 3.89. The van der Waals surface area contributed by atoms with Gasteiger partial charge in [0.1, 0.15) is 17.3 Å². The van der Waals surface area contributed by atoms with E-state index in [0.29, 0.717) is 34.7 Å². The second kappa shape index (κ2) is 15.6. The lowest BCUT2D eigenvalue weighted by atomic mass is 10.0. The number of esters is 1. The first-order chi connectivity index (χ1) is 24.3. The Kier molecular flexibility index (Phi) is 11.3. The Balaban J connectivity index is 1.34. The van der Waals surface area contributed by atoms with Crippen molar-refractivity contribution in [2.75, 3.05) is 17.7 Å². The fourth-order valence-corrected chi connectivity index (χ4v) is 6.11. The number of imide groups is 1. The predicted molar refractivity (Wildman–Crippen MR) is 191 cm³/mol. The molecule has 1 aliphatic carbocycles. The molecule has 13 nitrogen and oxygen atoms in total. The monoisotopic (exact) mass is 698 g/mol. The van der Waals surface area contributed by atoms with Gasteiger partial charge in [0, 0.05) is 24.6 Å². The van der Waals surface area contributed by atoms with Crippen molar-refractivity contribution in [2.24, 2.45) is 5.92 Å². The second-order valence-corrected chi connectivity index (χ2v) is 13.8. The number of methoxy groups -OCH3 is 1. The number of carbonyl (C=O) groups excluding carboxylic acids is 5. The smallest absolute Gasteiger partial charge is 0.328 e. The number of nitrogens with one attached hydrogen (secondary N) is 3. The minimum atomic E-state index is -1.28. The number of pyridine rings is 1. The van der Waals surface area contributed by atoms with Crippen LogP contribution in [-0.4, -0.2) is 69.4 Å². The Labute approximate surface area is 298 Å². The van der Waals surface area contributed by atoms with Crippen LogP contribution in [0.3, 0.4) is 0 Å². The van der Waals surface area contributed by atoms with Crippen LogP contribution >= 0.6 is 0 Å². The van der Waals surface area contributed by atoms with Crippen LogP contribution in [0.4, 0.5) is 21.0 Å². The number of para-hydroxylation sites is 1. The molecule has 13 heteroatoms. The van der Waals surface area contributed by atoms with Crippen molar-refractivity contribution >= 4 is 41.2 Å². The van der Waals surface area contributed by atoms with Crippen LogP contribution < -0.4 is 20.7 Å². The van der Waals surface area contributed by atoms with E-state index < -0.39 is 47.5 Å². The number of aromatic nitrogens is 1. The number of ether oxygens (including phenoxy) is 2. The van der Waals surface area contributed by atoms with Gasteiger partial charge in [-0.15, -0.1) is 0 Å². The van der Waals surface area contributed by atoms with Gasteiger partial charge < -0.3 is 30.3 Å². The Morgan fingerprint density at radius 1 is 0.980 bits per heavy atom. The summed E-state index contributed by atoms with van der Waals surface area (Å²) >= 11 is 0. The fraction of sp³-hybridized carbons (Fsp3) is 0.421. The van der Waals surface area contributed by atoms with Gasteiger partial charge in [-0.3, -0.25) is 19.4 Å². The maximum Gasteiger partial charge on any atom is 0.328 e. The topological polar surface area (TPSA) is 159 Å². The van der Waals surface area contributed by atoms with E-state index in [4.69, 9.17) is 9.47 Å². The van der Waals surface area contributed by atoms with Gasteiger partial charge in [0.15, 0.2) is 0 Å². The molecule has 1 unspecified atom stereocenters. The summed E-state index contributed by atoms with van der Waals surface area (Å²) < 4.78 is 10.9. The van der Waals surface area contributed by atoms with Gasteiger partial charge in [-0.05, 0) is 94.0 Å². The molecule has 1 aliphatic heterocycles. The molecule has 2 heterocycles. The molecule has 2 atom stereocenters. The van der Waals surface area contributed by atoms with Crippen molar-refractivity contribution < 1.29 is 33.4 Å². The molecule has 5 rings (SSSR count). The highest BCUT2D eigenvalue weighted by Crippen LogP contribution is 2.39. The zero-order valence-electron chi connectivity index (χ0n) is 29.9. The van der Waals surface area contributed by atoms with Crippen LogP contribution in [0.5, 0.6) is 5.75 Å². The first-order valence-corrected chi connectivity index (χ1v) is 17.1. The van der Waals surface area contributed by atoms with Gasteiger partial charge in [0.2, 0.25) is 5.91 Å². The summed E-state index contributed by atoms with van der Waals surface area (Å²) in [5.41, 5.74) is 2.02. The van der Waals surface area contributed by atoms with E-state index >= 15 is 0 Å². The predicted octanol–water partition coefficient (Wildman–Crippen LogP) is 5.95. The zero-order chi connectivity index (χ0) is 36.9. The lowest BCUT2D eigenvalue weighted by Gasteiger charge is -2.28. The molecule has 270 valence electrons. The Morgan fingerprint density at radius 2 is 1.67 bits per heavy atom. The van der Waals surface area contributed by atoms with Gasteiger partial charge in [0.05, 0.1) is 31.4 Å². The molecule has 0 bridgehead atoms. The van der Waals surface area contributed by atoms with Gasteiger partial charge >= 0.3 is 18.0 Å². The summed E-state index contributed by atoms with van der Waals surface area (Å²) in [6.45, 7) is 8.74. The largest absolute Gasteiger partial charge is 0.495 e. The third-order valence-corrected chi connectivity index (χ3v) is 9.13. The molecule has 3 N–H and O–H groups in total. The molecule has 1 saturated heterocycles. The fourth-order valence-electron chi connectivity index (χ4n) is 6.11. The molecule has 0 spiro atoms. The van der Waals surface area contributed by atoms with Crippen molar-refractivity contribution in [1.29, 1.82) is 0 Å². The highest BCUT2D eigenvalue weighted by molar-refractivity contribution is 6.09. The highest BCUT2D eigenvalue weighted by Gasteiger charge is 2.55. The van der Waals surface area contributed by atoms with Crippen LogP contribution in [-0.2, 0) is 25.7 Å². The van der Waals surface area contributed by atoms with E-state index in [1.165, 1.54) is 12.0 Å². The minimum absolute atomic E-state index is 0.0402. The summed E-state index contributed by atoms with van der Waals surface area (Å²) in [5, 5.41) is 8.57. The minimum Gasteiger partial charge on any atom is -0.495 e. The number of benzene rings is 2. The van der Waals surface area contributed by atoms with Crippen LogP contribution in [0.25, 0.3) is 0 Å². The van der Waals surface area contributed by atoms with Crippen molar-refractivity contribution in [3.8, 4) is 5.75 Å². The summed E-state index contributed by atoms with van der Waals surface area (Å²) in [7, 11) is 1.47. The van der Waals surface area contributed by atoms with E-state index in [2.05, 4.69) is 20.9 Å². The molecule has 1 saturated carbocycles. The number of hydrogen-bond donors (Lipinski definition) is 3. The van der Waals surface area contributed by atoms with E-state index in [9.17, 15) is 24.0 Å². The standard InChI is InChI=1S/C38H46N6O7/c1-23(2)51-33(45)21-30(27-15-17-39-18-16-27)40-34(46)31(19-25-11-12-25)44-35(47)38(4,5)43(37(44)49)22-26-13-14-29(32(20-26)50-6)42-36(48)41-28-10-8-7-9-24(28)3/h7-10,13-18,20,23,25,30-31H,11-12,19,21-22H2,1-6H3,(H,40,46)(H2,41,42,48)/t30?,31-/m0/s1. The third kappa shape index (κ3) is 8.83. The summed E-state index contributed by atoms with van der Waals surface area (Å²) in [6.07, 6.45) is 4.76. The van der Waals surface area contributed by atoms with Gasteiger partial charge in [-0.1, -0.05) is 37.1 Å². The quantitative estimate of drug-likeness (QED) is 0.138. The first-order valence-electron chi connectivity index (χ1n) is 17.1. The molecular weight excluding hydrogens is 652 g/mol.